The summed E-state index contributed by atoms with van der Waals surface area (Å²) in [5.41, 5.74) is 1.51. The third-order valence-electron chi connectivity index (χ3n) is 7.58. The van der Waals surface area contributed by atoms with Gasteiger partial charge in [-0.1, -0.05) is 42.5 Å². The number of imide groups is 1. The second kappa shape index (κ2) is 12.7. The van der Waals surface area contributed by atoms with Gasteiger partial charge in [0, 0.05) is 42.7 Å². The molecule has 3 aromatic carbocycles. The summed E-state index contributed by atoms with van der Waals surface area (Å²) < 4.78 is 63.5. The molecule has 5 rings (SSSR count). The lowest BCUT2D eigenvalue weighted by atomic mass is 9.85. The number of rotatable bonds is 8. The Balaban J connectivity index is 1.38. The van der Waals surface area contributed by atoms with Gasteiger partial charge >= 0.3 is 12.5 Å². The molecule has 2 unspecified atom stereocenters. The van der Waals surface area contributed by atoms with E-state index in [9.17, 15) is 31.9 Å². The molecule has 228 valence electrons. The third kappa shape index (κ3) is 6.98. The molecule has 0 saturated carbocycles. The van der Waals surface area contributed by atoms with Crippen molar-refractivity contribution in [1.82, 2.24) is 15.1 Å². The highest BCUT2D eigenvalue weighted by molar-refractivity contribution is 6.01. The molecule has 2 heterocycles. The van der Waals surface area contributed by atoms with E-state index in [4.69, 9.17) is 5.26 Å². The van der Waals surface area contributed by atoms with Crippen LogP contribution in [-0.4, -0.2) is 66.4 Å². The van der Waals surface area contributed by atoms with E-state index in [0.29, 0.717) is 12.0 Å². The number of ether oxygens (including phenoxy) is 2. The molecule has 13 heteroatoms. The molecule has 9 nitrogen and oxygen atoms in total. The highest BCUT2D eigenvalue weighted by Gasteiger charge is 2.37. The number of hydrogen-bond acceptors (Lipinski definition) is 7. The normalized spacial score (nSPS) is 18.6. The number of carbonyl (C=O) groups excluding carboxylic acids is 3. The van der Waals surface area contributed by atoms with Crippen molar-refractivity contribution in [1.29, 1.82) is 5.26 Å². The van der Waals surface area contributed by atoms with E-state index in [1.807, 2.05) is 36.4 Å². The topological polar surface area (TPSA) is 112 Å². The maximum Gasteiger partial charge on any atom is 0.573 e. The average molecular weight is 611 g/mol. The van der Waals surface area contributed by atoms with Crippen molar-refractivity contribution >= 4 is 17.9 Å². The van der Waals surface area contributed by atoms with Crippen LogP contribution in [0.25, 0.3) is 11.1 Å². The molecule has 0 aromatic heterocycles. The van der Waals surface area contributed by atoms with Crippen molar-refractivity contribution in [3.63, 3.8) is 0 Å². The Bertz CT molecular complexity index is 1590. The zero-order valence-electron chi connectivity index (χ0n) is 23.1. The fourth-order valence-corrected chi connectivity index (χ4v) is 5.40. The molecule has 44 heavy (non-hydrogen) atoms. The SMILES string of the molecule is N#Cc1ccc(-c2ccc(OC(F)(F)F)c(CNC3CCN(C(=O)CN4C(=O)COC4=O)CC3c3ccccc3)c2)c(F)c1. The predicted octanol–water partition coefficient (Wildman–Crippen LogP) is 4.72. The molecule has 3 aromatic rings. The van der Waals surface area contributed by atoms with E-state index in [1.54, 1.807) is 4.90 Å². The number of nitrogens with zero attached hydrogens (tertiary/aromatic N) is 3. The van der Waals surface area contributed by atoms with E-state index in [-0.39, 0.29) is 48.3 Å². The number of piperidine rings is 1. The van der Waals surface area contributed by atoms with Crippen LogP contribution in [-0.2, 0) is 20.9 Å². The number of alkyl halides is 3. The number of benzene rings is 3. The molecule has 0 bridgehead atoms. The largest absolute Gasteiger partial charge is 0.573 e. The minimum atomic E-state index is -4.96. The summed E-state index contributed by atoms with van der Waals surface area (Å²) in [5.74, 6) is -2.47. The van der Waals surface area contributed by atoms with Gasteiger partial charge in [0.1, 0.15) is 18.1 Å². The molecule has 0 aliphatic carbocycles. The number of cyclic esters (lactones) is 1. The minimum absolute atomic E-state index is 0.0762. The number of amides is 3. The van der Waals surface area contributed by atoms with E-state index in [0.717, 1.165) is 22.6 Å². The van der Waals surface area contributed by atoms with Gasteiger partial charge in [-0.3, -0.25) is 9.59 Å². The summed E-state index contributed by atoms with van der Waals surface area (Å²) in [4.78, 5) is 39.1. The van der Waals surface area contributed by atoms with Gasteiger partial charge < -0.3 is 19.7 Å². The quantitative estimate of drug-likeness (QED) is 0.368. The Morgan fingerprint density at radius 3 is 2.52 bits per heavy atom. The fourth-order valence-electron chi connectivity index (χ4n) is 5.40. The number of likely N-dealkylation sites (tertiary alicyclic amines) is 1. The second-order valence-electron chi connectivity index (χ2n) is 10.3. The van der Waals surface area contributed by atoms with Gasteiger partial charge in [-0.05, 0) is 41.8 Å². The average Bonchev–Trinajstić information content (AvgIpc) is 3.32. The van der Waals surface area contributed by atoms with Crippen LogP contribution in [0, 0.1) is 17.1 Å². The maximum absolute atomic E-state index is 14.8. The molecule has 2 saturated heterocycles. The van der Waals surface area contributed by atoms with Crippen molar-refractivity contribution in [3.05, 3.63) is 89.2 Å². The summed E-state index contributed by atoms with van der Waals surface area (Å²) in [5, 5.41) is 12.3. The van der Waals surface area contributed by atoms with Crippen LogP contribution in [0.3, 0.4) is 0 Å². The van der Waals surface area contributed by atoms with Crippen LogP contribution in [0.15, 0.2) is 66.7 Å². The Kier molecular flexibility index (Phi) is 8.82. The maximum atomic E-state index is 14.8. The molecule has 2 fully saturated rings. The van der Waals surface area contributed by atoms with E-state index < -0.39 is 49.0 Å². The monoisotopic (exact) mass is 610 g/mol. The molecular formula is C31H26F4N4O5. The first kappa shape index (κ1) is 30.5. The Morgan fingerprint density at radius 2 is 1.86 bits per heavy atom. The standard InChI is InChI=1S/C31H26F4N4O5/c32-25-12-19(14-36)6-8-23(25)21-7-9-27(44-31(33,34)35)22(13-21)15-37-26-10-11-38(16-24(26)20-4-2-1-3-5-20)28(40)17-39-29(41)18-43-30(39)42/h1-9,12-13,24,26,37H,10-11,15-18H2. The number of nitrogens with one attached hydrogen (secondary N) is 1. The molecule has 2 aliphatic rings. The van der Waals surface area contributed by atoms with Crippen LogP contribution in [0.4, 0.5) is 22.4 Å². The zero-order valence-corrected chi connectivity index (χ0v) is 23.1. The Morgan fingerprint density at radius 1 is 1.09 bits per heavy atom. The first-order chi connectivity index (χ1) is 21.0. The van der Waals surface area contributed by atoms with Crippen molar-refractivity contribution < 1.29 is 41.4 Å². The van der Waals surface area contributed by atoms with Crippen LogP contribution in [0.1, 0.15) is 29.0 Å². The molecule has 0 spiro atoms. The van der Waals surface area contributed by atoms with Crippen LogP contribution in [0.2, 0.25) is 0 Å². The van der Waals surface area contributed by atoms with E-state index in [2.05, 4.69) is 14.8 Å². The molecular weight excluding hydrogens is 584 g/mol. The molecule has 1 N–H and O–H groups in total. The summed E-state index contributed by atoms with van der Waals surface area (Å²) >= 11 is 0. The number of nitriles is 1. The summed E-state index contributed by atoms with van der Waals surface area (Å²) in [7, 11) is 0. The lowest BCUT2D eigenvalue weighted by Crippen LogP contribution is -2.52. The van der Waals surface area contributed by atoms with Crippen LogP contribution >= 0.6 is 0 Å². The zero-order chi connectivity index (χ0) is 31.4. The highest BCUT2D eigenvalue weighted by atomic mass is 19.4. The molecule has 2 aliphatic heterocycles. The predicted molar refractivity (Wildman–Crippen MR) is 147 cm³/mol. The van der Waals surface area contributed by atoms with Crippen molar-refractivity contribution in [3.8, 4) is 22.9 Å². The molecule has 0 radical (unpaired) electrons. The van der Waals surface area contributed by atoms with Crippen LogP contribution in [0.5, 0.6) is 5.75 Å². The van der Waals surface area contributed by atoms with Crippen molar-refractivity contribution in [2.75, 3.05) is 26.2 Å². The smallest absolute Gasteiger partial charge is 0.439 e. The minimum Gasteiger partial charge on any atom is -0.439 e. The third-order valence-corrected chi connectivity index (χ3v) is 7.58. The van der Waals surface area contributed by atoms with E-state index >= 15 is 0 Å². The van der Waals surface area contributed by atoms with Gasteiger partial charge in [0.15, 0.2) is 6.61 Å². The first-order valence-electron chi connectivity index (χ1n) is 13.6. The lowest BCUT2D eigenvalue weighted by Gasteiger charge is -2.40. The summed E-state index contributed by atoms with van der Waals surface area (Å²) in [6.45, 7) is -0.454. The van der Waals surface area contributed by atoms with Crippen molar-refractivity contribution in [2.24, 2.45) is 0 Å². The fraction of sp³-hybridized carbons (Fsp3) is 0.290. The highest BCUT2D eigenvalue weighted by Crippen LogP contribution is 2.33. The van der Waals surface area contributed by atoms with Gasteiger partial charge in [0.2, 0.25) is 5.91 Å². The van der Waals surface area contributed by atoms with Gasteiger partial charge in [-0.25, -0.2) is 14.1 Å². The van der Waals surface area contributed by atoms with Gasteiger partial charge in [0.05, 0.1) is 11.6 Å². The summed E-state index contributed by atoms with van der Waals surface area (Å²) in [6, 6.07) is 18.5. The second-order valence-corrected chi connectivity index (χ2v) is 10.3. The summed E-state index contributed by atoms with van der Waals surface area (Å²) in [6.07, 6.45) is -5.43. The number of hydrogen-bond donors (Lipinski definition) is 1. The van der Waals surface area contributed by atoms with Crippen molar-refractivity contribution in [2.45, 2.75) is 31.3 Å². The van der Waals surface area contributed by atoms with Gasteiger partial charge in [-0.2, -0.15) is 5.26 Å². The number of halogens is 4. The van der Waals surface area contributed by atoms with Gasteiger partial charge in [0.25, 0.3) is 5.91 Å². The number of carbonyl (C=O) groups is 3. The Labute approximate surface area is 249 Å². The van der Waals surface area contributed by atoms with Crippen LogP contribution < -0.4 is 10.1 Å². The molecule has 3 amide bonds. The lowest BCUT2D eigenvalue weighted by molar-refractivity contribution is -0.274. The molecule has 2 atom stereocenters. The van der Waals surface area contributed by atoms with E-state index in [1.165, 1.54) is 24.3 Å². The Hall–Kier alpha value is -4.96. The van der Waals surface area contributed by atoms with Gasteiger partial charge in [-0.15, -0.1) is 13.2 Å². The first-order valence-corrected chi connectivity index (χ1v) is 13.6.